The van der Waals surface area contributed by atoms with E-state index in [1.54, 1.807) is 5.57 Å². The molecule has 4 atom stereocenters. The van der Waals surface area contributed by atoms with Crippen LogP contribution in [-0.4, -0.2) is 20.7 Å². The maximum Gasteiger partial charge on any atom is 0.261 e. The van der Waals surface area contributed by atoms with Crippen molar-refractivity contribution in [2.24, 2.45) is 23.2 Å². The van der Waals surface area contributed by atoms with Gasteiger partial charge in [-0.15, -0.1) is 0 Å². The third kappa shape index (κ3) is 3.68. The fourth-order valence-electron chi connectivity index (χ4n) is 7.11. The van der Waals surface area contributed by atoms with Crippen LogP contribution < -0.4 is 10.4 Å². The van der Waals surface area contributed by atoms with E-state index in [-0.39, 0.29) is 16.4 Å². The third-order valence-electron chi connectivity index (χ3n) is 8.76. The van der Waals surface area contributed by atoms with Crippen molar-refractivity contribution in [3.05, 3.63) is 72.3 Å². The molecule has 2 nitrogen and oxygen atoms in total. The molecule has 2 fully saturated rings. The summed E-state index contributed by atoms with van der Waals surface area (Å²) in [6, 6.07) is 21.7. The van der Waals surface area contributed by atoms with Crippen molar-refractivity contribution in [1.82, 2.24) is 0 Å². The Bertz CT molecular complexity index is 996. The highest BCUT2D eigenvalue weighted by Crippen LogP contribution is 2.70. The van der Waals surface area contributed by atoms with Crippen molar-refractivity contribution in [3.63, 3.8) is 0 Å². The molecule has 0 aromatic heterocycles. The summed E-state index contributed by atoms with van der Waals surface area (Å²) in [5.41, 5.74) is 1.87. The summed E-state index contributed by atoms with van der Waals surface area (Å²) < 4.78 is 7.05. The summed E-state index contributed by atoms with van der Waals surface area (Å²) >= 11 is 0. The lowest BCUT2D eigenvalue weighted by Crippen LogP contribution is -2.66. The Morgan fingerprint density at radius 3 is 2.15 bits per heavy atom. The van der Waals surface area contributed by atoms with Crippen LogP contribution in [0.15, 0.2) is 72.3 Å². The number of carbonyl (C=O) groups excluding carboxylic acids is 1. The molecule has 2 saturated carbocycles. The zero-order chi connectivity index (χ0) is 23.3. The molecule has 0 bridgehead atoms. The molecule has 0 unspecified atom stereocenters. The van der Waals surface area contributed by atoms with Gasteiger partial charge in [0.1, 0.15) is 5.78 Å². The van der Waals surface area contributed by atoms with Crippen molar-refractivity contribution < 1.29 is 9.22 Å². The van der Waals surface area contributed by atoms with Gasteiger partial charge in [-0.3, -0.25) is 4.79 Å². The van der Waals surface area contributed by atoms with Crippen molar-refractivity contribution in [2.75, 3.05) is 6.61 Å². The normalized spacial score (nSPS) is 28.8. The minimum Gasteiger partial charge on any atom is -0.407 e. The van der Waals surface area contributed by atoms with Crippen LogP contribution in [0.5, 0.6) is 0 Å². The van der Waals surface area contributed by atoms with E-state index in [1.165, 1.54) is 16.8 Å². The van der Waals surface area contributed by atoms with Gasteiger partial charge in [0.15, 0.2) is 0 Å². The van der Waals surface area contributed by atoms with Crippen LogP contribution in [0.3, 0.4) is 0 Å². The van der Waals surface area contributed by atoms with Crippen LogP contribution in [-0.2, 0) is 9.22 Å². The average molecular weight is 459 g/mol. The second-order valence-corrected chi connectivity index (χ2v) is 16.0. The van der Waals surface area contributed by atoms with Gasteiger partial charge in [-0.25, -0.2) is 0 Å². The Balaban J connectivity index is 1.33. The number of ketones is 1. The molecule has 3 aliphatic carbocycles. The van der Waals surface area contributed by atoms with Crippen LogP contribution in [0.4, 0.5) is 0 Å². The standard InChI is InChI=1S/C30H38O2Si/c1-29(2,3)33(24-15-7-5-8-16-24,25-17-9-6-10-18-25)32-20-12-14-23-21-22-13-11-19-30(4)26(22)27(30)28(23)31/h5-10,13,15-18,23,26-27H,11-12,14,19-21H2,1-4H3/t23-,26+,27-,30+/m0/s1. The molecule has 33 heavy (non-hydrogen) atoms. The van der Waals surface area contributed by atoms with Gasteiger partial charge in [0.2, 0.25) is 0 Å². The summed E-state index contributed by atoms with van der Waals surface area (Å²) in [7, 11) is -2.49. The predicted molar refractivity (Wildman–Crippen MR) is 138 cm³/mol. The summed E-state index contributed by atoms with van der Waals surface area (Å²) in [6.45, 7) is 10.0. The molecule has 0 aliphatic heterocycles. The summed E-state index contributed by atoms with van der Waals surface area (Å²) in [6.07, 6.45) is 7.70. The number of rotatable bonds is 7. The Labute approximate surface area is 200 Å². The van der Waals surface area contributed by atoms with Crippen LogP contribution in [0, 0.1) is 23.2 Å². The molecule has 174 valence electrons. The maximum atomic E-state index is 13.2. The molecular weight excluding hydrogens is 420 g/mol. The molecule has 3 aliphatic rings. The molecule has 3 heteroatoms. The van der Waals surface area contributed by atoms with Gasteiger partial charge < -0.3 is 4.43 Å². The molecular formula is C30H38O2Si. The number of carbonyl (C=O) groups is 1. The number of fused-ring (bicyclic) bond motifs is 1. The second-order valence-electron chi connectivity index (χ2n) is 11.7. The van der Waals surface area contributed by atoms with Gasteiger partial charge >= 0.3 is 0 Å². The minimum absolute atomic E-state index is 0.00588. The largest absolute Gasteiger partial charge is 0.407 e. The molecule has 0 spiro atoms. The quantitative estimate of drug-likeness (QED) is 0.293. The minimum atomic E-state index is -2.49. The Kier molecular flexibility index (Phi) is 5.77. The van der Waals surface area contributed by atoms with Crippen LogP contribution >= 0.6 is 0 Å². The smallest absolute Gasteiger partial charge is 0.261 e. The first-order chi connectivity index (χ1) is 15.8. The predicted octanol–water partition coefficient (Wildman–Crippen LogP) is 5.90. The van der Waals surface area contributed by atoms with E-state index in [2.05, 4.69) is 94.4 Å². The molecule has 5 rings (SSSR count). The van der Waals surface area contributed by atoms with Gasteiger partial charge in [0, 0.05) is 18.4 Å². The number of Topliss-reactive ketones (excluding diaryl/α,β-unsaturated/α-hetero) is 1. The highest BCUT2D eigenvalue weighted by Gasteiger charge is 2.68. The number of allylic oxidation sites excluding steroid dienone is 2. The van der Waals surface area contributed by atoms with E-state index in [9.17, 15) is 4.79 Å². The Morgan fingerprint density at radius 2 is 1.58 bits per heavy atom. The van der Waals surface area contributed by atoms with Crippen LogP contribution in [0.25, 0.3) is 0 Å². The summed E-state index contributed by atoms with van der Waals surface area (Å²) in [5.74, 6) is 1.62. The third-order valence-corrected chi connectivity index (χ3v) is 13.8. The lowest BCUT2D eigenvalue weighted by atomic mass is 9.81. The van der Waals surface area contributed by atoms with Gasteiger partial charge in [0.05, 0.1) is 0 Å². The topological polar surface area (TPSA) is 26.3 Å². The van der Waals surface area contributed by atoms with Gasteiger partial charge in [-0.1, -0.05) is 100 Å². The zero-order valence-electron chi connectivity index (χ0n) is 20.6. The number of benzene rings is 2. The monoisotopic (exact) mass is 458 g/mol. The molecule has 0 radical (unpaired) electrons. The zero-order valence-corrected chi connectivity index (χ0v) is 21.6. The summed E-state index contributed by atoms with van der Waals surface area (Å²) in [4.78, 5) is 13.2. The summed E-state index contributed by atoms with van der Waals surface area (Å²) in [5, 5.41) is 2.64. The highest BCUT2D eigenvalue weighted by molar-refractivity contribution is 6.99. The van der Waals surface area contributed by atoms with Gasteiger partial charge in [0.25, 0.3) is 8.32 Å². The van der Waals surface area contributed by atoms with Crippen molar-refractivity contribution in [2.45, 2.75) is 64.8 Å². The van der Waals surface area contributed by atoms with Crippen molar-refractivity contribution in [1.29, 1.82) is 0 Å². The van der Waals surface area contributed by atoms with E-state index >= 15 is 0 Å². The number of hydrogen-bond donors (Lipinski definition) is 0. The van der Waals surface area contributed by atoms with Crippen molar-refractivity contribution >= 4 is 24.5 Å². The Hall–Kier alpha value is -1.97. The average Bonchev–Trinajstić information content (AvgIpc) is 3.44. The van der Waals surface area contributed by atoms with E-state index < -0.39 is 8.32 Å². The first kappa shape index (κ1) is 22.8. The fourth-order valence-corrected chi connectivity index (χ4v) is 11.7. The lowest BCUT2D eigenvalue weighted by Gasteiger charge is -2.43. The Morgan fingerprint density at radius 1 is 0.970 bits per heavy atom. The molecule has 0 amide bonds. The molecule has 2 aromatic carbocycles. The first-order valence-corrected chi connectivity index (χ1v) is 14.7. The first-order valence-electron chi connectivity index (χ1n) is 12.8. The SMILES string of the molecule is CC(C)(C)[Si](OCCC[C@H]1CC2=CCC[C@@]3(C)[C@H](C1=O)[C@@H]23)(c1ccccc1)c1ccccc1. The highest BCUT2D eigenvalue weighted by atomic mass is 28.4. The van der Waals surface area contributed by atoms with Crippen LogP contribution in [0.1, 0.15) is 59.8 Å². The molecule has 0 N–H and O–H groups in total. The van der Waals surface area contributed by atoms with E-state index in [0.717, 1.165) is 25.7 Å². The second kappa shape index (κ2) is 8.36. The number of hydrogen-bond acceptors (Lipinski definition) is 2. The fraction of sp³-hybridized carbons (Fsp3) is 0.500. The lowest BCUT2D eigenvalue weighted by molar-refractivity contribution is -0.125. The van der Waals surface area contributed by atoms with Crippen LogP contribution in [0.2, 0.25) is 5.04 Å². The van der Waals surface area contributed by atoms with Gasteiger partial charge in [-0.2, -0.15) is 0 Å². The van der Waals surface area contributed by atoms with Crippen molar-refractivity contribution in [3.8, 4) is 0 Å². The molecule has 0 heterocycles. The van der Waals surface area contributed by atoms with E-state index in [4.69, 9.17) is 4.43 Å². The van der Waals surface area contributed by atoms with E-state index in [1.807, 2.05) is 0 Å². The van der Waals surface area contributed by atoms with Gasteiger partial charge in [-0.05, 0) is 58.8 Å². The maximum absolute atomic E-state index is 13.2. The molecule has 0 saturated heterocycles. The van der Waals surface area contributed by atoms with E-state index in [0.29, 0.717) is 24.2 Å². The molecule has 2 aromatic rings.